The number of hydrogen-bond acceptors (Lipinski definition) is 3. The normalized spacial score (nSPS) is 9.62. The highest BCUT2D eigenvalue weighted by molar-refractivity contribution is 9.11. The molecular formula is C11H9Br2NO2. The summed E-state index contributed by atoms with van der Waals surface area (Å²) in [7, 11) is 0. The number of carbonyl (C=O) groups is 1. The molecule has 0 spiro atoms. The molecule has 0 aliphatic heterocycles. The third kappa shape index (κ3) is 3.06. The lowest BCUT2D eigenvalue weighted by Gasteiger charge is -2.07. The molecule has 0 radical (unpaired) electrons. The predicted molar refractivity (Wildman–Crippen MR) is 66.9 cm³/mol. The Morgan fingerprint density at radius 2 is 2.06 bits per heavy atom. The Morgan fingerprint density at radius 1 is 1.44 bits per heavy atom. The second kappa shape index (κ2) is 6.02. The molecule has 0 N–H and O–H groups in total. The number of nitrogens with zero attached hydrogens (tertiary/aromatic N) is 1. The Hall–Kier alpha value is -0.860. The molecule has 0 saturated carbocycles. The minimum Gasteiger partial charge on any atom is -0.466 e. The van der Waals surface area contributed by atoms with Crippen molar-refractivity contribution >= 4 is 37.8 Å². The number of halogens is 2. The van der Waals surface area contributed by atoms with E-state index in [1.807, 2.05) is 0 Å². The zero-order valence-electron chi connectivity index (χ0n) is 8.59. The summed E-state index contributed by atoms with van der Waals surface area (Å²) in [4.78, 5) is 11.4. The van der Waals surface area contributed by atoms with Gasteiger partial charge in [0.1, 0.15) is 6.07 Å². The number of esters is 1. The molecule has 0 bridgehead atoms. The number of nitriles is 1. The van der Waals surface area contributed by atoms with Crippen molar-refractivity contribution in [3.63, 3.8) is 0 Å². The fourth-order valence-corrected chi connectivity index (χ4v) is 2.17. The number of hydrogen-bond donors (Lipinski definition) is 0. The first-order chi connectivity index (χ1) is 7.60. The fourth-order valence-electron chi connectivity index (χ4n) is 1.24. The second-order valence-electron chi connectivity index (χ2n) is 2.98. The summed E-state index contributed by atoms with van der Waals surface area (Å²) in [5.74, 6) is -0.335. The molecule has 5 heteroatoms. The van der Waals surface area contributed by atoms with Gasteiger partial charge in [0.2, 0.25) is 0 Å². The highest BCUT2D eigenvalue weighted by Gasteiger charge is 2.14. The molecule has 0 aliphatic carbocycles. The Morgan fingerprint density at radius 3 is 2.62 bits per heavy atom. The number of rotatable bonds is 3. The molecule has 0 amide bonds. The van der Waals surface area contributed by atoms with E-state index in [0.717, 1.165) is 4.47 Å². The van der Waals surface area contributed by atoms with Gasteiger partial charge < -0.3 is 4.74 Å². The Labute approximate surface area is 111 Å². The lowest BCUT2D eigenvalue weighted by Crippen LogP contribution is -2.09. The molecule has 3 nitrogen and oxygen atoms in total. The van der Waals surface area contributed by atoms with Crippen molar-refractivity contribution in [3.8, 4) is 6.07 Å². The average Bonchev–Trinajstić information content (AvgIpc) is 2.24. The van der Waals surface area contributed by atoms with E-state index in [4.69, 9.17) is 10.00 Å². The fraction of sp³-hybridized carbons (Fsp3) is 0.273. The van der Waals surface area contributed by atoms with Crippen molar-refractivity contribution in [1.82, 2.24) is 0 Å². The zero-order valence-corrected chi connectivity index (χ0v) is 11.8. The minimum absolute atomic E-state index is 0.0940. The summed E-state index contributed by atoms with van der Waals surface area (Å²) < 4.78 is 6.27. The third-order valence-electron chi connectivity index (χ3n) is 1.94. The van der Waals surface area contributed by atoms with E-state index in [1.54, 1.807) is 19.1 Å². The maximum atomic E-state index is 11.4. The number of carbonyl (C=O) groups excluding carboxylic acids is 1. The predicted octanol–water partition coefficient (Wildman–Crippen LogP) is 3.19. The first-order valence-electron chi connectivity index (χ1n) is 4.62. The highest BCUT2D eigenvalue weighted by Crippen LogP contribution is 2.27. The van der Waals surface area contributed by atoms with Crippen molar-refractivity contribution in [2.24, 2.45) is 0 Å². The van der Waals surface area contributed by atoms with Gasteiger partial charge >= 0.3 is 5.97 Å². The van der Waals surface area contributed by atoms with Gasteiger partial charge in [-0.05, 0) is 40.5 Å². The van der Waals surface area contributed by atoms with E-state index < -0.39 is 0 Å². The Balaban J connectivity index is 3.08. The van der Waals surface area contributed by atoms with E-state index >= 15 is 0 Å². The van der Waals surface area contributed by atoms with Crippen LogP contribution in [-0.4, -0.2) is 12.6 Å². The number of ether oxygens (including phenoxy) is 1. The molecule has 0 aromatic heterocycles. The molecule has 0 saturated heterocycles. The van der Waals surface area contributed by atoms with Crippen LogP contribution in [0.2, 0.25) is 0 Å². The molecule has 0 atom stereocenters. The summed E-state index contributed by atoms with van der Waals surface area (Å²) in [6, 6.07) is 5.62. The van der Waals surface area contributed by atoms with Crippen LogP contribution in [0.3, 0.4) is 0 Å². The van der Waals surface area contributed by atoms with Crippen molar-refractivity contribution in [3.05, 3.63) is 32.2 Å². The summed E-state index contributed by atoms with van der Waals surface area (Å²) in [5.41, 5.74) is 1.11. The van der Waals surface area contributed by atoms with Crippen LogP contribution in [0.25, 0.3) is 0 Å². The van der Waals surface area contributed by atoms with Crippen LogP contribution in [0.15, 0.2) is 21.1 Å². The quantitative estimate of drug-likeness (QED) is 0.790. The molecule has 0 unspecified atom stereocenters. The van der Waals surface area contributed by atoms with Crippen LogP contribution in [-0.2, 0) is 16.0 Å². The molecule has 16 heavy (non-hydrogen) atoms. The van der Waals surface area contributed by atoms with E-state index in [2.05, 4.69) is 37.9 Å². The molecule has 0 heterocycles. The average molecular weight is 347 g/mol. The van der Waals surface area contributed by atoms with E-state index in [1.165, 1.54) is 0 Å². The van der Waals surface area contributed by atoms with Gasteiger partial charge in [0.05, 0.1) is 18.6 Å². The summed E-state index contributed by atoms with van der Waals surface area (Å²) in [6.45, 7) is 2.09. The third-order valence-corrected chi connectivity index (χ3v) is 3.35. The van der Waals surface area contributed by atoms with Crippen molar-refractivity contribution in [1.29, 1.82) is 5.26 Å². The van der Waals surface area contributed by atoms with Crippen molar-refractivity contribution < 1.29 is 9.53 Å². The van der Waals surface area contributed by atoms with E-state index in [-0.39, 0.29) is 12.4 Å². The van der Waals surface area contributed by atoms with Gasteiger partial charge in [0, 0.05) is 8.95 Å². The van der Waals surface area contributed by atoms with Crippen LogP contribution in [0.1, 0.15) is 18.1 Å². The van der Waals surface area contributed by atoms with Crippen LogP contribution >= 0.6 is 31.9 Å². The van der Waals surface area contributed by atoms with Gasteiger partial charge in [-0.15, -0.1) is 0 Å². The standard InChI is InChI=1S/C11H9Br2NO2/c1-2-16-11(15)5-7-8(6-14)10(13)4-3-9(7)12/h3-4H,2,5H2,1H3. The van der Waals surface area contributed by atoms with Gasteiger partial charge in [-0.1, -0.05) is 15.9 Å². The molecule has 0 fully saturated rings. The van der Waals surface area contributed by atoms with Crippen LogP contribution in [0.4, 0.5) is 0 Å². The zero-order chi connectivity index (χ0) is 12.1. The smallest absolute Gasteiger partial charge is 0.310 e. The summed E-state index contributed by atoms with van der Waals surface area (Å²) in [5, 5.41) is 9.01. The molecular weight excluding hydrogens is 338 g/mol. The Kier molecular flexibility index (Phi) is 4.97. The lowest BCUT2D eigenvalue weighted by molar-refractivity contribution is -0.142. The number of benzene rings is 1. The molecule has 84 valence electrons. The van der Waals surface area contributed by atoms with Gasteiger partial charge in [0.25, 0.3) is 0 Å². The highest BCUT2D eigenvalue weighted by atomic mass is 79.9. The minimum atomic E-state index is -0.335. The van der Waals surface area contributed by atoms with Crippen molar-refractivity contribution in [2.75, 3.05) is 6.61 Å². The SMILES string of the molecule is CCOC(=O)Cc1c(Br)ccc(Br)c1C#N. The van der Waals surface area contributed by atoms with Crippen LogP contribution in [0.5, 0.6) is 0 Å². The van der Waals surface area contributed by atoms with Crippen molar-refractivity contribution in [2.45, 2.75) is 13.3 Å². The first-order valence-corrected chi connectivity index (χ1v) is 6.21. The van der Waals surface area contributed by atoms with Crippen LogP contribution < -0.4 is 0 Å². The maximum Gasteiger partial charge on any atom is 0.310 e. The van der Waals surface area contributed by atoms with Crippen LogP contribution in [0, 0.1) is 11.3 Å². The van der Waals surface area contributed by atoms with Gasteiger partial charge in [-0.2, -0.15) is 5.26 Å². The largest absolute Gasteiger partial charge is 0.466 e. The first kappa shape index (κ1) is 13.2. The lowest BCUT2D eigenvalue weighted by atomic mass is 10.1. The summed E-state index contributed by atoms with van der Waals surface area (Å²) in [6.07, 6.45) is 0.0940. The Bertz CT molecular complexity index is 452. The molecule has 1 aromatic rings. The van der Waals surface area contributed by atoms with Gasteiger partial charge in [-0.25, -0.2) is 0 Å². The molecule has 1 rings (SSSR count). The van der Waals surface area contributed by atoms with Gasteiger partial charge in [-0.3, -0.25) is 4.79 Å². The summed E-state index contributed by atoms with van der Waals surface area (Å²) >= 11 is 6.60. The monoisotopic (exact) mass is 345 g/mol. The second-order valence-corrected chi connectivity index (χ2v) is 4.69. The maximum absolute atomic E-state index is 11.4. The molecule has 1 aromatic carbocycles. The molecule has 0 aliphatic rings. The topological polar surface area (TPSA) is 50.1 Å². The van der Waals surface area contributed by atoms with E-state index in [9.17, 15) is 4.79 Å². The van der Waals surface area contributed by atoms with E-state index in [0.29, 0.717) is 22.2 Å². The van der Waals surface area contributed by atoms with Gasteiger partial charge in [0.15, 0.2) is 0 Å².